The first-order valence-corrected chi connectivity index (χ1v) is 16.7. The smallest absolute Gasteiger partial charge is 0.543 e. The molecule has 8 rings (SSSR count). The largest absolute Gasteiger partial charge is 1.00 e. The molecule has 4 aliphatic carbocycles. The number of carbonyl (C=O) groups excluding carboxylic acids is 2. The average molecular weight is 694 g/mol. The molecule has 0 unspecified atom stereocenters. The molecule has 4 aliphatic rings. The van der Waals surface area contributed by atoms with Crippen LogP contribution >= 0.6 is 0 Å². The molecule has 252 valence electrons. The second-order valence-electron chi connectivity index (χ2n) is 13.1. The van der Waals surface area contributed by atoms with Gasteiger partial charge in [-0.05, 0) is 62.5 Å². The van der Waals surface area contributed by atoms with Gasteiger partial charge in [-0.25, -0.2) is 25.0 Å². The maximum Gasteiger partial charge on any atom is 1.00 e. The Morgan fingerprint density at radius 2 is 1.20 bits per heavy atom. The second kappa shape index (κ2) is 14.9. The molecule has 0 aliphatic heterocycles. The molecule has 2 saturated carbocycles. The van der Waals surface area contributed by atoms with Crippen molar-refractivity contribution < 1.29 is 71.3 Å². The topological polar surface area (TPSA) is 192 Å². The third kappa shape index (κ3) is 7.16. The summed E-state index contributed by atoms with van der Waals surface area (Å²) in [5.74, 6) is -0.492. The van der Waals surface area contributed by atoms with Gasteiger partial charge in [0.1, 0.15) is 5.69 Å². The summed E-state index contributed by atoms with van der Waals surface area (Å²) in [4.78, 5) is 41.7. The molecule has 2 fully saturated rings. The molecule has 0 bridgehead atoms. The second-order valence-corrected chi connectivity index (χ2v) is 13.1. The van der Waals surface area contributed by atoms with Crippen LogP contribution in [0.15, 0.2) is 12.4 Å². The number of nitrogens with one attached hydrogen (secondary N) is 2. The Kier molecular flexibility index (Phi) is 10.8. The standard InChI is InChI=1S/C17H22N6O2.C16H19N5O2.K/c1-22-15-12(14(21-22)16(24)23(2)25)8-7-10-9-18-17(20-13(10)15)19-11-5-3-4-6-11;1-21-14-11(13(20-21)15(22)23)7-6-9-8-17-16(19-12(9)14)18-10-4-2-3-5-10;/h9,11,25H,3-8H2,1-2H3,(H,18,19,20);8,10H,2-7H2,1H3,(H,22,23)(H,17,18,19);/q;;+1/p-1. The van der Waals surface area contributed by atoms with Crippen LogP contribution in [-0.4, -0.2) is 80.8 Å². The molecule has 0 radical (unpaired) electrons. The number of carboxylic acid groups (broad SMARTS) is 1. The van der Waals surface area contributed by atoms with Crippen LogP contribution in [0.4, 0.5) is 11.9 Å². The number of aromatic carboxylic acids is 1. The van der Waals surface area contributed by atoms with E-state index in [1.807, 2.05) is 12.4 Å². The number of hydrogen-bond donors (Lipinski definition) is 3. The Bertz CT molecular complexity index is 1880. The summed E-state index contributed by atoms with van der Waals surface area (Å²) in [6.07, 6.45) is 16.1. The van der Waals surface area contributed by atoms with Crippen molar-refractivity contribution >= 4 is 23.8 Å². The molecule has 0 atom stereocenters. The van der Waals surface area contributed by atoms with Crippen molar-refractivity contribution in [1.29, 1.82) is 0 Å². The van der Waals surface area contributed by atoms with Gasteiger partial charge in [0, 0.05) is 56.7 Å². The molecule has 16 heteroatoms. The van der Waals surface area contributed by atoms with E-state index < -0.39 is 11.9 Å². The van der Waals surface area contributed by atoms with Gasteiger partial charge in [0.2, 0.25) is 11.9 Å². The maximum absolute atomic E-state index is 12.2. The minimum absolute atomic E-state index is 0. The number of amides is 1. The Morgan fingerprint density at radius 1 is 0.776 bits per heavy atom. The van der Waals surface area contributed by atoms with Crippen LogP contribution < -0.4 is 67.1 Å². The molecule has 3 N–H and O–H groups in total. The molecular weight excluding hydrogens is 654 g/mol. The molecule has 4 aromatic heterocycles. The van der Waals surface area contributed by atoms with Crippen molar-refractivity contribution in [2.75, 3.05) is 17.7 Å². The SMILES string of the molecule is CN(O)C(=O)c1nn(C)c2c1CCc1cnc(NC3CCCC3)nc1-2.Cn1nc(C(=O)[O-])c2c1-c1nc(NC3CCCC3)ncc1CC2.[K+]. The normalized spacial score (nSPS) is 16.3. The molecular formula is C33H40KN11O4. The van der Waals surface area contributed by atoms with Crippen molar-refractivity contribution in [2.45, 2.75) is 89.1 Å². The van der Waals surface area contributed by atoms with Gasteiger partial charge < -0.3 is 20.5 Å². The van der Waals surface area contributed by atoms with Crippen molar-refractivity contribution in [3.63, 3.8) is 0 Å². The zero-order valence-electron chi connectivity index (χ0n) is 28.5. The van der Waals surface area contributed by atoms with E-state index in [2.05, 4.69) is 35.8 Å². The van der Waals surface area contributed by atoms with E-state index in [-0.39, 0.29) is 62.8 Å². The predicted molar refractivity (Wildman–Crippen MR) is 173 cm³/mol. The number of nitrogens with zero attached hydrogens (tertiary/aromatic N) is 9. The Morgan fingerprint density at radius 3 is 1.63 bits per heavy atom. The van der Waals surface area contributed by atoms with E-state index in [4.69, 9.17) is 4.98 Å². The third-order valence-electron chi connectivity index (χ3n) is 9.82. The van der Waals surface area contributed by atoms with Crippen LogP contribution in [0.2, 0.25) is 0 Å². The summed E-state index contributed by atoms with van der Waals surface area (Å²) in [7, 11) is 4.85. The maximum atomic E-state index is 12.2. The molecule has 1 amide bonds. The van der Waals surface area contributed by atoms with Crippen molar-refractivity contribution in [1.82, 2.24) is 44.6 Å². The summed E-state index contributed by atoms with van der Waals surface area (Å²) in [6, 6.07) is 0.870. The van der Waals surface area contributed by atoms with Gasteiger partial charge in [-0.3, -0.25) is 19.4 Å². The number of anilines is 2. The Labute approximate surface area is 326 Å². The molecule has 4 aromatic rings. The molecule has 4 heterocycles. The number of carboxylic acids is 1. The van der Waals surface area contributed by atoms with Crippen LogP contribution in [0.3, 0.4) is 0 Å². The number of aryl methyl sites for hydroxylation is 4. The fraction of sp³-hybridized carbons (Fsp3) is 0.515. The van der Waals surface area contributed by atoms with Gasteiger partial charge in [0.05, 0.1) is 28.7 Å². The van der Waals surface area contributed by atoms with Crippen LogP contribution in [0.5, 0.6) is 0 Å². The van der Waals surface area contributed by atoms with Gasteiger partial charge >= 0.3 is 51.4 Å². The van der Waals surface area contributed by atoms with Crippen molar-refractivity contribution in [2.24, 2.45) is 14.1 Å². The average Bonchev–Trinajstić information content (AvgIpc) is 3.89. The molecule has 0 aromatic carbocycles. The van der Waals surface area contributed by atoms with Crippen LogP contribution in [0.1, 0.15) is 94.6 Å². The van der Waals surface area contributed by atoms with Crippen LogP contribution in [0, 0.1) is 0 Å². The fourth-order valence-electron chi connectivity index (χ4n) is 7.44. The summed E-state index contributed by atoms with van der Waals surface area (Å²) in [5, 5.41) is 36.6. The zero-order valence-corrected chi connectivity index (χ0v) is 31.6. The minimum Gasteiger partial charge on any atom is -0.543 e. The van der Waals surface area contributed by atoms with Crippen LogP contribution in [0.25, 0.3) is 22.8 Å². The van der Waals surface area contributed by atoms with E-state index >= 15 is 0 Å². The number of hydrogen-bond acceptors (Lipinski definition) is 12. The zero-order chi connectivity index (χ0) is 33.5. The summed E-state index contributed by atoms with van der Waals surface area (Å²) in [5.41, 5.74) is 7.17. The van der Waals surface area contributed by atoms with E-state index in [1.165, 1.54) is 32.7 Å². The monoisotopic (exact) mass is 693 g/mol. The minimum atomic E-state index is -1.23. The summed E-state index contributed by atoms with van der Waals surface area (Å²) < 4.78 is 3.27. The van der Waals surface area contributed by atoms with E-state index in [1.54, 1.807) is 23.5 Å². The number of hydroxylamine groups is 2. The Balaban J connectivity index is 0.000000167. The third-order valence-corrected chi connectivity index (χ3v) is 9.82. The Hall–Kier alpha value is -3.28. The van der Waals surface area contributed by atoms with Gasteiger partial charge in [-0.15, -0.1) is 0 Å². The van der Waals surface area contributed by atoms with Gasteiger partial charge in [-0.1, -0.05) is 25.7 Å². The molecule has 15 nitrogen and oxygen atoms in total. The van der Waals surface area contributed by atoms with Gasteiger partial charge in [0.25, 0.3) is 5.91 Å². The molecule has 49 heavy (non-hydrogen) atoms. The van der Waals surface area contributed by atoms with Gasteiger partial charge in [-0.2, -0.15) is 10.2 Å². The summed E-state index contributed by atoms with van der Waals surface area (Å²) in [6.45, 7) is 0. The molecule has 0 saturated heterocycles. The number of rotatable bonds is 6. The fourth-order valence-corrected chi connectivity index (χ4v) is 7.44. The number of fused-ring (bicyclic) bond motifs is 6. The number of carbonyl (C=O) groups is 2. The van der Waals surface area contributed by atoms with Crippen molar-refractivity contribution in [3.05, 3.63) is 46.0 Å². The van der Waals surface area contributed by atoms with E-state index in [0.29, 0.717) is 47.4 Å². The quantitative estimate of drug-likeness (QED) is 0.133. The van der Waals surface area contributed by atoms with E-state index in [9.17, 15) is 19.9 Å². The van der Waals surface area contributed by atoms with Gasteiger partial charge in [0.15, 0.2) is 5.69 Å². The first kappa shape index (κ1) is 35.5. The first-order valence-electron chi connectivity index (χ1n) is 16.7. The molecule has 0 spiro atoms. The predicted octanol–water partition coefficient (Wildman–Crippen LogP) is -0.511. The number of aromatic nitrogens is 8. The van der Waals surface area contributed by atoms with Crippen LogP contribution in [-0.2, 0) is 39.8 Å². The van der Waals surface area contributed by atoms with E-state index in [0.717, 1.165) is 78.0 Å². The van der Waals surface area contributed by atoms with Crippen molar-refractivity contribution in [3.8, 4) is 22.8 Å². The summed E-state index contributed by atoms with van der Waals surface area (Å²) >= 11 is 0. The first-order chi connectivity index (χ1) is 23.2.